The molecule has 1 atom stereocenters. The maximum Gasteiger partial charge on any atom is 0.308 e. The van der Waals surface area contributed by atoms with Crippen molar-refractivity contribution in [3.63, 3.8) is 0 Å². The van der Waals surface area contributed by atoms with Crippen molar-refractivity contribution in [2.45, 2.75) is 32.2 Å². The lowest BCUT2D eigenvalue weighted by molar-refractivity contribution is -0.147. The van der Waals surface area contributed by atoms with Gasteiger partial charge in [0.1, 0.15) is 11.8 Å². The smallest absolute Gasteiger partial charge is 0.308 e. The average molecular weight is 476 g/mol. The molecule has 0 aliphatic carbocycles. The predicted molar refractivity (Wildman–Crippen MR) is 117 cm³/mol. The molecular formula is C19H23Cl2N3O5S. The highest BCUT2D eigenvalue weighted by atomic mass is 35.5. The molecule has 0 radical (unpaired) electrons. The second kappa shape index (κ2) is 11.9. The van der Waals surface area contributed by atoms with E-state index < -0.39 is 12.0 Å². The van der Waals surface area contributed by atoms with Gasteiger partial charge in [-0.1, -0.05) is 23.2 Å². The van der Waals surface area contributed by atoms with Crippen LogP contribution in [0.5, 0.6) is 5.75 Å². The highest BCUT2D eigenvalue weighted by Crippen LogP contribution is 2.27. The third-order valence-electron chi connectivity index (χ3n) is 4.20. The zero-order valence-corrected chi connectivity index (χ0v) is 18.7. The number of ether oxygens (including phenoxy) is 2. The largest absolute Gasteiger partial charge is 0.492 e. The Kier molecular flexibility index (Phi) is 9.61. The monoisotopic (exact) mass is 475 g/mol. The van der Waals surface area contributed by atoms with Crippen LogP contribution in [0.15, 0.2) is 18.2 Å². The third kappa shape index (κ3) is 7.30. The summed E-state index contributed by atoms with van der Waals surface area (Å²) in [6.07, 6.45) is 0.444. The molecule has 1 unspecified atom stereocenters. The first-order valence-electron chi connectivity index (χ1n) is 9.43. The number of nitrogens with one attached hydrogen (secondary N) is 2. The molecule has 2 N–H and O–H groups in total. The zero-order chi connectivity index (χ0) is 22.1. The maximum atomic E-state index is 12.2. The maximum absolute atomic E-state index is 12.2. The minimum absolute atomic E-state index is 0.103. The van der Waals surface area contributed by atoms with Crippen molar-refractivity contribution in [1.29, 1.82) is 0 Å². The Morgan fingerprint density at radius 2 is 2.13 bits per heavy atom. The molecule has 2 amide bonds. The van der Waals surface area contributed by atoms with Crippen LogP contribution in [0.25, 0.3) is 0 Å². The molecule has 0 bridgehead atoms. The van der Waals surface area contributed by atoms with Crippen LogP contribution in [0.2, 0.25) is 10.0 Å². The number of rotatable bonds is 8. The van der Waals surface area contributed by atoms with E-state index in [0.29, 0.717) is 35.3 Å². The van der Waals surface area contributed by atoms with Gasteiger partial charge in [0.25, 0.3) is 0 Å². The van der Waals surface area contributed by atoms with Crippen LogP contribution in [0, 0.1) is 0 Å². The molecule has 164 valence electrons. The van der Waals surface area contributed by atoms with Gasteiger partial charge in [-0.3, -0.25) is 14.4 Å². The van der Waals surface area contributed by atoms with Gasteiger partial charge in [0, 0.05) is 24.5 Å². The van der Waals surface area contributed by atoms with Crippen molar-refractivity contribution in [1.82, 2.24) is 15.5 Å². The van der Waals surface area contributed by atoms with Gasteiger partial charge in [0.2, 0.25) is 11.8 Å². The Morgan fingerprint density at radius 3 is 2.83 bits per heavy atom. The molecule has 30 heavy (non-hydrogen) atoms. The van der Waals surface area contributed by atoms with Crippen molar-refractivity contribution in [3.05, 3.63) is 28.2 Å². The molecule has 1 aromatic rings. The number of halogens is 2. The normalized spacial score (nSPS) is 15.9. The van der Waals surface area contributed by atoms with Crippen LogP contribution in [0.4, 0.5) is 0 Å². The summed E-state index contributed by atoms with van der Waals surface area (Å²) in [6, 6.07) is 4.08. The van der Waals surface area contributed by atoms with E-state index in [-0.39, 0.29) is 43.0 Å². The molecule has 2 rings (SSSR count). The van der Waals surface area contributed by atoms with Gasteiger partial charge in [-0.2, -0.15) is 0 Å². The van der Waals surface area contributed by atoms with E-state index in [2.05, 4.69) is 10.6 Å². The molecular weight excluding hydrogens is 453 g/mol. The molecule has 1 fully saturated rings. The fourth-order valence-corrected chi connectivity index (χ4v) is 3.59. The number of carbonyl (C=O) groups excluding carboxylic acids is 3. The molecule has 0 spiro atoms. The second-order valence-electron chi connectivity index (χ2n) is 6.39. The molecule has 1 aliphatic rings. The number of esters is 1. The van der Waals surface area contributed by atoms with Gasteiger partial charge in [-0.15, -0.1) is 0 Å². The van der Waals surface area contributed by atoms with Gasteiger partial charge in [0.05, 0.1) is 24.7 Å². The van der Waals surface area contributed by atoms with Crippen molar-refractivity contribution in [3.8, 4) is 5.75 Å². The van der Waals surface area contributed by atoms with Crippen molar-refractivity contribution >= 4 is 58.3 Å². The summed E-state index contributed by atoms with van der Waals surface area (Å²) in [5.41, 5.74) is 0. The number of thiocarbonyl (C=S) groups is 1. The fraction of sp³-hybridized carbons (Fsp3) is 0.474. The number of nitrogens with zero attached hydrogens (tertiary/aromatic N) is 1. The van der Waals surface area contributed by atoms with E-state index in [4.69, 9.17) is 44.9 Å². The molecule has 1 saturated heterocycles. The highest BCUT2D eigenvalue weighted by molar-refractivity contribution is 7.80. The van der Waals surface area contributed by atoms with Crippen molar-refractivity contribution in [2.75, 3.05) is 26.3 Å². The van der Waals surface area contributed by atoms with Crippen LogP contribution in [0.3, 0.4) is 0 Å². The van der Waals surface area contributed by atoms with E-state index >= 15 is 0 Å². The summed E-state index contributed by atoms with van der Waals surface area (Å²) in [5, 5.41) is 6.30. The Bertz CT molecular complexity index is 808. The van der Waals surface area contributed by atoms with E-state index in [1.165, 1.54) is 4.90 Å². The lowest BCUT2D eigenvalue weighted by Gasteiger charge is -2.36. The van der Waals surface area contributed by atoms with Crippen LogP contribution in [-0.2, 0) is 19.1 Å². The summed E-state index contributed by atoms with van der Waals surface area (Å²) in [4.78, 5) is 37.7. The Labute approximate surface area is 190 Å². The molecule has 0 saturated carbocycles. The summed E-state index contributed by atoms with van der Waals surface area (Å²) in [6.45, 7) is 2.93. The van der Waals surface area contributed by atoms with Crippen LogP contribution in [-0.4, -0.2) is 60.1 Å². The highest BCUT2D eigenvalue weighted by Gasteiger charge is 2.34. The van der Waals surface area contributed by atoms with Gasteiger partial charge < -0.3 is 25.0 Å². The first-order valence-corrected chi connectivity index (χ1v) is 10.6. The number of amides is 2. The van der Waals surface area contributed by atoms with E-state index in [9.17, 15) is 14.4 Å². The third-order valence-corrected chi connectivity index (χ3v) is 5.07. The predicted octanol–water partition coefficient (Wildman–Crippen LogP) is 2.31. The lowest BCUT2D eigenvalue weighted by Crippen LogP contribution is -2.60. The summed E-state index contributed by atoms with van der Waals surface area (Å²) in [7, 11) is 0. The average Bonchev–Trinajstić information content (AvgIpc) is 2.68. The van der Waals surface area contributed by atoms with Gasteiger partial charge in [-0.05, 0) is 43.8 Å². The Morgan fingerprint density at radius 1 is 1.37 bits per heavy atom. The molecule has 1 aliphatic heterocycles. The SMILES string of the molecule is CCOC(=O)CC1C(=O)NCCN1C(=S)NC(=O)CCCOc1ccc(Cl)cc1Cl. The summed E-state index contributed by atoms with van der Waals surface area (Å²) < 4.78 is 10.5. The number of hydrogen-bond donors (Lipinski definition) is 2. The molecule has 8 nitrogen and oxygen atoms in total. The standard InChI is InChI=1S/C19H23Cl2N3O5S/c1-2-28-17(26)11-14-18(27)22-7-8-24(14)19(30)23-16(25)4-3-9-29-15-6-5-12(20)10-13(15)21/h5-6,10,14H,2-4,7-9,11H2,1H3,(H,22,27)(H,23,25,30). The minimum atomic E-state index is -0.819. The van der Waals surface area contributed by atoms with Crippen LogP contribution >= 0.6 is 35.4 Å². The van der Waals surface area contributed by atoms with Crippen LogP contribution in [0.1, 0.15) is 26.2 Å². The van der Waals surface area contributed by atoms with Crippen molar-refractivity contribution in [2.24, 2.45) is 0 Å². The number of benzene rings is 1. The van der Waals surface area contributed by atoms with Crippen LogP contribution < -0.4 is 15.4 Å². The Balaban J connectivity index is 1.80. The van der Waals surface area contributed by atoms with E-state index in [1.54, 1.807) is 25.1 Å². The molecule has 1 aromatic carbocycles. The molecule has 0 aromatic heterocycles. The van der Waals surface area contributed by atoms with Gasteiger partial charge >= 0.3 is 5.97 Å². The topological polar surface area (TPSA) is 97.0 Å². The summed E-state index contributed by atoms with van der Waals surface area (Å²) >= 11 is 17.1. The number of carbonyl (C=O) groups is 3. The van der Waals surface area contributed by atoms with Crippen molar-refractivity contribution < 1.29 is 23.9 Å². The minimum Gasteiger partial charge on any atom is -0.492 e. The van der Waals surface area contributed by atoms with Gasteiger partial charge in [0.15, 0.2) is 5.11 Å². The molecule has 1 heterocycles. The first-order chi connectivity index (χ1) is 14.3. The second-order valence-corrected chi connectivity index (χ2v) is 7.62. The fourth-order valence-electron chi connectivity index (χ4n) is 2.80. The zero-order valence-electron chi connectivity index (χ0n) is 16.4. The molecule has 11 heteroatoms. The van der Waals surface area contributed by atoms with Gasteiger partial charge in [-0.25, -0.2) is 0 Å². The lowest BCUT2D eigenvalue weighted by atomic mass is 10.1. The Hall–Kier alpha value is -2.10. The quantitative estimate of drug-likeness (QED) is 0.338. The summed E-state index contributed by atoms with van der Waals surface area (Å²) in [5.74, 6) is -0.666. The number of piperazine rings is 1. The first kappa shape index (κ1) is 24.2. The number of hydrogen-bond acceptors (Lipinski definition) is 6. The van der Waals surface area contributed by atoms with E-state index in [1.807, 2.05) is 0 Å². The van der Waals surface area contributed by atoms with E-state index in [0.717, 1.165) is 0 Å².